The first kappa shape index (κ1) is 64.4. The molecule has 4 aromatic rings. The Balaban J connectivity index is -0.000000373. The van der Waals surface area contributed by atoms with Crippen molar-refractivity contribution < 1.29 is 109 Å². The zero-order chi connectivity index (χ0) is 41.9. The summed E-state index contributed by atoms with van der Waals surface area (Å²) in [6.45, 7) is 5.91. The van der Waals surface area contributed by atoms with E-state index in [1.807, 2.05) is 0 Å². The van der Waals surface area contributed by atoms with Gasteiger partial charge in [-0.3, -0.25) is 20.0 Å². The molecule has 342 valence electrons. The molecule has 2 N–H and O–H groups in total. The molecule has 4 aromatic carbocycles. The van der Waals surface area contributed by atoms with Crippen molar-refractivity contribution in [2.45, 2.75) is 25.7 Å². The molecule has 22 heteroatoms. The SMILES string of the molecule is C1CCOC1.C1CCOC1.F[P-](F)(F)(F)(F)F.O.[O-2].[O-2].[O-]c1ccccc1C=NCCN=Cc1ccccc1[O-].[O-]c1ccccc1C=NCCN=Cc1ccccc1[O-].[V+4].[V]. The minimum atomic E-state index is -10.7. The van der Waals surface area contributed by atoms with Gasteiger partial charge in [-0.05, 0) is 47.9 Å². The van der Waals surface area contributed by atoms with Crippen LogP contribution in [0.15, 0.2) is 117 Å². The molecule has 2 radical (unpaired) electrons. The van der Waals surface area contributed by atoms with Gasteiger partial charge in [0.15, 0.2) is 0 Å². The molecule has 0 spiro atoms. The van der Waals surface area contributed by atoms with Crippen molar-refractivity contribution in [1.82, 2.24) is 0 Å². The first-order valence-corrected chi connectivity index (χ1v) is 19.8. The standard InChI is InChI=1S/2C16H16N2O2.2C4H8O.F6P.H2O.2O.2V/c2*19-15-7-3-1-5-13(15)11-17-9-10-18-12-14-6-2-4-8-16(14)20;2*1-2-4-5-3-1;1-7(2,3,4,5)6;;;;;/h2*1-8,11-12,19-20H,9-10H2;2*1-4H2;;1H2;;;;/q;;;;-1;;2*-2;;+4/p-4. The van der Waals surface area contributed by atoms with Gasteiger partial charge in [-0.1, -0.05) is 97.1 Å². The second kappa shape index (κ2) is 33.3. The van der Waals surface area contributed by atoms with E-state index >= 15 is 0 Å². The van der Waals surface area contributed by atoms with Gasteiger partial charge in [0.1, 0.15) is 0 Å². The van der Waals surface area contributed by atoms with E-state index < -0.39 is 7.81 Å². The third kappa shape index (κ3) is 36.4. The Morgan fingerprint density at radius 2 is 0.613 bits per heavy atom. The summed E-state index contributed by atoms with van der Waals surface area (Å²) in [6.07, 6.45) is 11.3. The fourth-order valence-corrected chi connectivity index (χ4v) is 4.25. The van der Waals surface area contributed by atoms with Crippen LogP contribution in [0.1, 0.15) is 47.9 Å². The van der Waals surface area contributed by atoms with Crippen molar-refractivity contribution in [3.63, 3.8) is 0 Å². The normalized spacial score (nSPS) is 13.8. The molecule has 0 bridgehead atoms. The van der Waals surface area contributed by atoms with Crippen LogP contribution in [-0.4, -0.2) is 82.9 Å². The van der Waals surface area contributed by atoms with E-state index in [0.717, 1.165) is 26.4 Å². The van der Waals surface area contributed by atoms with Gasteiger partial charge < -0.3 is 46.3 Å². The van der Waals surface area contributed by atoms with Crippen LogP contribution in [0.3, 0.4) is 0 Å². The van der Waals surface area contributed by atoms with E-state index in [1.165, 1.54) is 49.9 Å². The predicted molar refractivity (Wildman–Crippen MR) is 212 cm³/mol. The molecule has 2 saturated heterocycles. The quantitative estimate of drug-likeness (QED) is 0.0727. The third-order valence-corrected chi connectivity index (χ3v) is 6.97. The molecule has 6 rings (SSSR count). The predicted octanol–water partition coefficient (Wildman–Crippen LogP) is 6.65. The van der Waals surface area contributed by atoms with Gasteiger partial charge in [0.25, 0.3) is 0 Å². The monoisotopic (exact) mass is 973 g/mol. The molecule has 0 unspecified atom stereocenters. The van der Waals surface area contributed by atoms with Gasteiger partial charge in [0.05, 0.1) is 26.2 Å². The number of nitrogens with zero attached hydrogens (tertiary/aromatic N) is 4. The smallest absolute Gasteiger partial charge is 2.00 e. The molecular formula is C40H46F6N4O9PV2-5. The van der Waals surface area contributed by atoms with E-state index in [-0.39, 0.29) is 76.5 Å². The van der Waals surface area contributed by atoms with Gasteiger partial charge in [-0.2, -0.15) is 0 Å². The van der Waals surface area contributed by atoms with Crippen molar-refractivity contribution in [3.05, 3.63) is 119 Å². The minimum absolute atomic E-state index is 0. The second-order valence-corrected chi connectivity index (χ2v) is 13.8. The van der Waals surface area contributed by atoms with E-state index in [4.69, 9.17) is 9.47 Å². The van der Waals surface area contributed by atoms with Crippen LogP contribution < -0.4 is 20.4 Å². The van der Waals surface area contributed by atoms with Crippen LogP contribution in [0.4, 0.5) is 25.2 Å². The van der Waals surface area contributed by atoms with E-state index in [0.29, 0.717) is 48.4 Å². The second-order valence-electron chi connectivity index (χ2n) is 11.9. The zero-order valence-electron chi connectivity index (χ0n) is 33.2. The molecule has 62 heavy (non-hydrogen) atoms. The zero-order valence-corrected chi connectivity index (χ0v) is 36.9. The summed E-state index contributed by atoms with van der Waals surface area (Å²) in [5.74, 6) is -0.167. The van der Waals surface area contributed by atoms with Crippen LogP contribution in [0.2, 0.25) is 0 Å². The number of hydrogen-bond acceptors (Lipinski definition) is 10. The molecule has 2 aliphatic rings. The van der Waals surface area contributed by atoms with Crippen LogP contribution in [-0.2, 0) is 57.5 Å². The maximum atomic E-state index is 11.4. The van der Waals surface area contributed by atoms with Gasteiger partial charge in [-0.25, -0.2) is 0 Å². The number of benzene rings is 4. The Kier molecular flexibility index (Phi) is 34.6. The average Bonchev–Trinajstić information content (AvgIpc) is 3.94. The molecule has 2 heterocycles. The Hall–Kier alpha value is -4.26. The first-order chi connectivity index (χ1) is 27.0. The van der Waals surface area contributed by atoms with Crippen molar-refractivity contribution >= 4 is 32.7 Å². The van der Waals surface area contributed by atoms with Crippen molar-refractivity contribution in [2.24, 2.45) is 20.0 Å². The van der Waals surface area contributed by atoms with E-state index in [1.54, 1.807) is 97.7 Å². The summed E-state index contributed by atoms with van der Waals surface area (Å²) in [7, 11) is -10.7. The summed E-state index contributed by atoms with van der Waals surface area (Å²) < 4.78 is 69.1. The summed E-state index contributed by atoms with van der Waals surface area (Å²) in [5, 5.41) is 45.6. The largest absolute Gasteiger partial charge is 4.00 e. The average molecular weight is 974 g/mol. The number of halogens is 6. The maximum Gasteiger partial charge on any atom is 4.00 e. The molecule has 0 amide bonds. The van der Waals surface area contributed by atoms with Crippen LogP contribution in [0.25, 0.3) is 0 Å². The Labute approximate surface area is 380 Å². The number of ether oxygens (including phenoxy) is 2. The molecule has 13 nitrogen and oxygen atoms in total. The molecule has 0 aliphatic carbocycles. The van der Waals surface area contributed by atoms with Crippen LogP contribution in [0, 0.1) is 0 Å². The van der Waals surface area contributed by atoms with Crippen LogP contribution >= 0.6 is 7.81 Å². The van der Waals surface area contributed by atoms with Crippen molar-refractivity contribution in [3.8, 4) is 23.0 Å². The Morgan fingerprint density at radius 3 is 0.758 bits per heavy atom. The molecule has 0 atom stereocenters. The summed E-state index contributed by atoms with van der Waals surface area (Å²) >= 11 is 0. The molecule has 2 fully saturated rings. The first-order valence-electron chi connectivity index (χ1n) is 17.7. The van der Waals surface area contributed by atoms with Gasteiger partial charge in [0.2, 0.25) is 0 Å². The topological polar surface area (TPSA) is 249 Å². The van der Waals surface area contributed by atoms with E-state index in [9.17, 15) is 45.6 Å². The van der Waals surface area contributed by atoms with E-state index in [2.05, 4.69) is 20.0 Å². The van der Waals surface area contributed by atoms with Gasteiger partial charge in [0, 0.05) is 69.8 Å². The number of rotatable bonds is 10. The van der Waals surface area contributed by atoms with Crippen molar-refractivity contribution in [2.75, 3.05) is 52.6 Å². The fourth-order valence-electron chi connectivity index (χ4n) is 4.25. The molecular weight excluding hydrogens is 927 g/mol. The number of hydrogen-bond donors (Lipinski definition) is 0. The molecule has 2 aliphatic heterocycles. The van der Waals surface area contributed by atoms with Crippen molar-refractivity contribution in [1.29, 1.82) is 0 Å². The molecule has 0 saturated carbocycles. The minimum Gasteiger partial charge on any atom is -2.00 e. The maximum absolute atomic E-state index is 11.4. The fraction of sp³-hybridized carbons (Fsp3) is 0.300. The summed E-state index contributed by atoms with van der Waals surface area (Å²) in [6, 6.07) is 26.9. The Bertz CT molecular complexity index is 1640. The molecule has 0 aromatic heterocycles. The number of aliphatic imine (C=N–C) groups is 4. The summed E-state index contributed by atoms with van der Waals surface area (Å²) in [5.41, 5.74) is 2.28. The van der Waals surface area contributed by atoms with Gasteiger partial charge in [-0.15, -0.1) is 23.0 Å². The Morgan fingerprint density at radius 1 is 0.435 bits per heavy atom. The third-order valence-electron chi connectivity index (χ3n) is 6.97. The number of para-hydroxylation sites is 4. The van der Waals surface area contributed by atoms with Crippen LogP contribution in [0.5, 0.6) is 23.0 Å². The van der Waals surface area contributed by atoms with Gasteiger partial charge >= 0.3 is 51.5 Å². The summed E-state index contributed by atoms with van der Waals surface area (Å²) in [4.78, 5) is 16.6.